The summed E-state index contributed by atoms with van der Waals surface area (Å²) in [6, 6.07) is 2.57. The normalized spacial score (nSPS) is 18.7. The summed E-state index contributed by atoms with van der Waals surface area (Å²) in [5.74, 6) is -3.68. The number of carboxylic acids is 2. The van der Waals surface area contributed by atoms with Crippen molar-refractivity contribution in [1.82, 2.24) is 29.9 Å². The van der Waals surface area contributed by atoms with Crippen molar-refractivity contribution in [2.45, 2.75) is 44.0 Å². The van der Waals surface area contributed by atoms with E-state index in [9.17, 15) is 29.4 Å². The van der Waals surface area contributed by atoms with Gasteiger partial charge in [-0.2, -0.15) is 13.9 Å². The van der Waals surface area contributed by atoms with E-state index in [1.807, 2.05) is 22.9 Å². The van der Waals surface area contributed by atoms with Gasteiger partial charge in [-0.1, -0.05) is 5.16 Å². The number of nitrogens with two attached hydrogens (primary N) is 2. The van der Waals surface area contributed by atoms with Crippen LogP contribution in [0.15, 0.2) is 34.8 Å². The largest absolute Gasteiger partial charge is 0.478 e. The number of carboxylic acid groups (broad SMARTS) is 2. The van der Waals surface area contributed by atoms with Crippen LogP contribution in [0.2, 0.25) is 0 Å². The molecule has 5 rings (SSSR count). The number of β-lactam (4-membered cyclic amide) rings is 1. The van der Waals surface area contributed by atoms with Crippen molar-refractivity contribution < 1.29 is 38.8 Å². The molecule has 0 aromatic carbocycles. The van der Waals surface area contributed by atoms with Gasteiger partial charge in [0.2, 0.25) is 22.7 Å². The summed E-state index contributed by atoms with van der Waals surface area (Å²) in [6.45, 7) is 3.12. The van der Waals surface area contributed by atoms with Crippen molar-refractivity contribution in [1.29, 1.82) is 0 Å². The molecule has 2 aliphatic heterocycles. The predicted octanol–water partition coefficient (Wildman–Crippen LogP) is -0.787. The van der Waals surface area contributed by atoms with E-state index >= 15 is 0 Å². The minimum atomic E-state index is -1.80. The van der Waals surface area contributed by atoms with Crippen LogP contribution in [0.4, 0.5) is 10.9 Å². The summed E-state index contributed by atoms with van der Waals surface area (Å²) in [5.41, 5.74) is 12.3. The number of fused-ring (bicyclic) bond motifs is 2. The van der Waals surface area contributed by atoms with E-state index in [4.69, 9.17) is 16.3 Å². The number of rotatable bonds is 11. The first-order valence-corrected chi connectivity index (χ1v) is 14.9. The molecule has 0 radical (unpaired) electrons. The maximum absolute atomic E-state index is 13.3. The van der Waals surface area contributed by atoms with Crippen LogP contribution in [0.5, 0.6) is 0 Å². The van der Waals surface area contributed by atoms with Crippen LogP contribution in [-0.4, -0.2) is 88.7 Å². The number of oxime groups is 1. The molecule has 0 unspecified atom stereocenters. The SMILES string of the molecule is CNCc1c(N)[nH]c2ccc[n+](CC3=C(C(=O)O)N4C(=O)[C@@H](NC(=O)/C(=N\OC(C)(C)C(=O)O)c5nsc(N)n5)[C@H]4SC3)c12. The number of pyridine rings is 1. The van der Waals surface area contributed by atoms with E-state index in [-0.39, 0.29) is 29.0 Å². The maximum Gasteiger partial charge on any atom is 0.352 e. The Morgan fingerprint density at radius 2 is 2.07 bits per heavy atom. The van der Waals surface area contributed by atoms with E-state index in [0.717, 1.165) is 33.0 Å². The van der Waals surface area contributed by atoms with Gasteiger partial charge in [-0.3, -0.25) is 14.5 Å². The number of anilines is 2. The van der Waals surface area contributed by atoms with E-state index in [0.29, 0.717) is 17.9 Å². The van der Waals surface area contributed by atoms with E-state index in [1.165, 1.54) is 25.6 Å². The summed E-state index contributed by atoms with van der Waals surface area (Å²) in [6.07, 6.45) is 1.81. The van der Waals surface area contributed by atoms with Crippen molar-refractivity contribution >= 4 is 74.7 Å². The molecule has 2 atom stereocenters. The molecule has 3 aromatic heterocycles. The van der Waals surface area contributed by atoms with Crippen LogP contribution in [0.1, 0.15) is 25.2 Å². The fraction of sp³-hybridized carbons (Fsp3) is 0.360. The molecule has 3 aromatic rings. The minimum Gasteiger partial charge on any atom is -0.478 e. The van der Waals surface area contributed by atoms with Gasteiger partial charge in [-0.15, -0.1) is 11.8 Å². The van der Waals surface area contributed by atoms with E-state index in [1.54, 1.807) is 7.05 Å². The van der Waals surface area contributed by atoms with Crippen LogP contribution in [0, 0.1) is 0 Å². The first kappa shape index (κ1) is 30.7. The number of nitrogens with one attached hydrogen (secondary N) is 3. The van der Waals surface area contributed by atoms with Crippen molar-refractivity contribution in [3.05, 3.63) is 41.0 Å². The standard InChI is InChI=1S/C25H28N10O7S2/c1-25(2,23(40)41)42-32-13(18-31-24(27)44-33-18)19(36)30-14-20(37)35-15(22(38)39)10(9-43-21(14)35)8-34-6-4-5-12-16(34)11(7-28-3)17(26)29-12/h4-6,14,21,28H,7-9H2,1-3H3,(H7,26,27,29,30,31,33,36,38,39,40,41)/p+1/b32-13-/t14-,21-/m1/s1. The monoisotopic (exact) mass is 645 g/mol. The zero-order valence-corrected chi connectivity index (χ0v) is 25.3. The highest BCUT2D eigenvalue weighted by molar-refractivity contribution is 8.00. The average molecular weight is 646 g/mol. The molecule has 232 valence electrons. The Bertz CT molecular complexity index is 1750. The zero-order valence-electron chi connectivity index (χ0n) is 23.7. The Morgan fingerprint density at radius 3 is 2.70 bits per heavy atom. The van der Waals surface area contributed by atoms with Gasteiger partial charge in [-0.25, -0.2) is 9.59 Å². The van der Waals surface area contributed by atoms with E-state index in [2.05, 4.69) is 30.1 Å². The number of aromatic amines is 1. The van der Waals surface area contributed by atoms with Gasteiger partial charge in [0, 0.05) is 35.5 Å². The first-order valence-electron chi connectivity index (χ1n) is 13.1. The lowest BCUT2D eigenvalue weighted by Crippen LogP contribution is -2.71. The minimum absolute atomic E-state index is 0.0180. The van der Waals surface area contributed by atoms with Gasteiger partial charge < -0.3 is 42.1 Å². The molecular formula is C25H29N10O7S2+. The zero-order chi connectivity index (χ0) is 31.9. The molecular weight excluding hydrogens is 616 g/mol. The number of hydrogen-bond acceptors (Lipinski definition) is 13. The fourth-order valence-electron chi connectivity index (χ4n) is 4.76. The van der Waals surface area contributed by atoms with Crippen LogP contribution in [-0.2, 0) is 37.1 Å². The highest BCUT2D eigenvalue weighted by Gasteiger charge is 2.55. The maximum atomic E-state index is 13.3. The van der Waals surface area contributed by atoms with E-state index < -0.39 is 46.5 Å². The van der Waals surface area contributed by atoms with Gasteiger partial charge >= 0.3 is 11.9 Å². The number of carbonyl (C=O) groups is 4. The summed E-state index contributed by atoms with van der Waals surface area (Å²) < 4.78 is 5.83. The molecule has 19 heteroatoms. The third-order valence-electron chi connectivity index (χ3n) is 6.95. The second-order valence-electron chi connectivity index (χ2n) is 10.4. The molecule has 0 saturated carbocycles. The number of aromatic nitrogens is 4. The third kappa shape index (κ3) is 5.51. The average Bonchev–Trinajstić information content (AvgIpc) is 3.54. The summed E-state index contributed by atoms with van der Waals surface area (Å²) in [5, 5.41) is 28.1. The van der Waals surface area contributed by atoms with Gasteiger partial charge in [0.1, 0.15) is 28.4 Å². The second kappa shape index (κ2) is 11.7. The topological polar surface area (TPSA) is 255 Å². The number of hydrogen-bond donors (Lipinski definition) is 7. The summed E-state index contributed by atoms with van der Waals surface area (Å²) in [4.78, 5) is 63.8. The Kier molecular flexibility index (Phi) is 8.19. The molecule has 2 aliphatic rings. The highest BCUT2D eigenvalue weighted by atomic mass is 32.2. The third-order valence-corrected chi connectivity index (χ3v) is 8.83. The highest BCUT2D eigenvalue weighted by Crippen LogP contribution is 2.40. The molecule has 5 heterocycles. The molecule has 0 aliphatic carbocycles. The van der Waals surface area contributed by atoms with Crippen LogP contribution < -0.4 is 26.7 Å². The van der Waals surface area contributed by atoms with Gasteiger partial charge in [-0.05, 0) is 27.0 Å². The Labute approximate surface area is 257 Å². The number of nitrogens with zero attached hydrogens (tertiary/aromatic N) is 5. The number of H-pyrrole nitrogens is 1. The molecule has 44 heavy (non-hydrogen) atoms. The number of amides is 2. The summed E-state index contributed by atoms with van der Waals surface area (Å²) in [7, 11) is 1.79. The number of thioether (sulfide) groups is 1. The van der Waals surface area contributed by atoms with Crippen LogP contribution in [0.25, 0.3) is 11.0 Å². The van der Waals surface area contributed by atoms with Crippen molar-refractivity contribution in [2.75, 3.05) is 24.3 Å². The lowest BCUT2D eigenvalue weighted by molar-refractivity contribution is -0.663. The van der Waals surface area contributed by atoms with Gasteiger partial charge in [0.05, 0.1) is 5.56 Å². The smallest absolute Gasteiger partial charge is 0.352 e. The number of aliphatic carboxylic acids is 2. The number of nitrogen functional groups attached to an aromatic ring is 2. The molecule has 1 saturated heterocycles. The predicted molar refractivity (Wildman–Crippen MR) is 159 cm³/mol. The van der Waals surface area contributed by atoms with Gasteiger partial charge in [0.15, 0.2) is 17.9 Å². The van der Waals surface area contributed by atoms with Crippen molar-refractivity contribution in [2.24, 2.45) is 5.16 Å². The quantitative estimate of drug-likeness (QED) is 0.0585. The molecule has 9 N–H and O–H groups in total. The molecule has 1 fully saturated rings. The second-order valence-corrected chi connectivity index (χ2v) is 12.3. The Morgan fingerprint density at radius 1 is 1.32 bits per heavy atom. The molecule has 17 nitrogen and oxygen atoms in total. The lowest BCUT2D eigenvalue weighted by atomic mass is 10.0. The molecule has 0 bridgehead atoms. The first-order chi connectivity index (χ1) is 20.8. The molecule has 2 amide bonds. The summed E-state index contributed by atoms with van der Waals surface area (Å²) >= 11 is 2.06. The Hall–Kier alpha value is -4.75. The molecule has 0 spiro atoms. The Balaban J connectivity index is 1.40. The van der Waals surface area contributed by atoms with Crippen molar-refractivity contribution in [3.8, 4) is 0 Å². The van der Waals surface area contributed by atoms with Crippen molar-refractivity contribution in [3.63, 3.8) is 0 Å². The van der Waals surface area contributed by atoms with Gasteiger partial charge in [0.25, 0.3) is 11.8 Å². The lowest BCUT2D eigenvalue weighted by Gasteiger charge is -2.49. The fourth-order valence-corrected chi connectivity index (χ4v) is 6.53. The van der Waals surface area contributed by atoms with Crippen LogP contribution in [0.3, 0.4) is 0 Å². The number of carbonyl (C=O) groups excluding carboxylic acids is 2. The van der Waals surface area contributed by atoms with Crippen LogP contribution >= 0.6 is 23.3 Å².